The maximum Gasteiger partial charge on any atom is 0.0788 e. The lowest BCUT2D eigenvalue weighted by Gasteiger charge is -2.21. The van der Waals surface area contributed by atoms with Gasteiger partial charge in [-0.05, 0) is 32.9 Å². The molecule has 0 spiro atoms. The van der Waals surface area contributed by atoms with Gasteiger partial charge in [0, 0.05) is 13.2 Å². The molecular formula is C9H19NO2. The fourth-order valence-corrected chi connectivity index (χ4v) is 1.85. The summed E-state index contributed by atoms with van der Waals surface area (Å²) in [6, 6.07) is 0.565. The van der Waals surface area contributed by atoms with Crippen LogP contribution in [0, 0.1) is 0 Å². The molecule has 0 amide bonds. The molecule has 0 radical (unpaired) electrons. The van der Waals surface area contributed by atoms with Crippen molar-refractivity contribution in [2.24, 2.45) is 0 Å². The molecule has 0 bridgehead atoms. The topological polar surface area (TPSA) is 32.7 Å². The summed E-state index contributed by atoms with van der Waals surface area (Å²) in [5.74, 6) is 0. The summed E-state index contributed by atoms with van der Waals surface area (Å²) >= 11 is 0. The van der Waals surface area contributed by atoms with Gasteiger partial charge in [-0.1, -0.05) is 0 Å². The molecule has 0 saturated carbocycles. The fourth-order valence-electron chi connectivity index (χ4n) is 1.85. The summed E-state index contributed by atoms with van der Waals surface area (Å²) in [5.41, 5.74) is 0. The van der Waals surface area contributed by atoms with Crippen LogP contribution in [0.5, 0.6) is 0 Å². The molecular weight excluding hydrogens is 154 g/mol. The largest absolute Gasteiger partial charge is 0.391 e. The summed E-state index contributed by atoms with van der Waals surface area (Å²) in [7, 11) is 3.75. The highest BCUT2D eigenvalue weighted by atomic mass is 16.5. The zero-order valence-corrected chi connectivity index (χ0v) is 7.99. The van der Waals surface area contributed by atoms with E-state index in [2.05, 4.69) is 11.9 Å². The average molecular weight is 173 g/mol. The first-order chi connectivity index (χ1) is 5.74. The van der Waals surface area contributed by atoms with Crippen molar-refractivity contribution in [1.29, 1.82) is 0 Å². The third-order valence-electron chi connectivity index (χ3n) is 2.57. The maximum atomic E-state index is 9.48. The quantitative estimate of drug-likeness (QED) is 0.671. The predicted molar refractivity (Wildman–Crippen MR) is 48.2 cm³/mol. The maximum absolute atomic E-state index is 9.48. The number of methoxy groups -OCH3 is 1. The molecule has 2 atom stereocenters. The van der Waals surface area contributed by atoms with Crippen molar-refractivity contribution in [3.05, 3.63) is 0 Å². The minimum atomic E-state index is -0.291. The van der Waals surface area contributed by atoms with Gasteiger partial charge in [0.05, 0.1) is 12.7 Å². The molecule has 3 nitrogen and oxygen atoms in total. The van der Waals surface area contributed by atoms with Gasteiger partial charge in [0.15, 0.2) is 0 Å². The van der Waals surface area contributed by atoms with E-state index >= 15 is 0 Å². The fraction of sp³-hybridized carbons (Fsp3) is 1.00. The number of likely N-dealkylation sites (tertiary alicyclic amines) is 1. The SMILES string of the molecule is COC[C@@H](O)CC1CCCN1C. The van der Waals surface area contributed by atoms with Crippen LogP contribution in [0.4, 0.5) is 0 Å². The van der Waals surface area contributed by atoms with Crippen LogP contribution in [-0.4, -0.2) is 49.5 Å². The molecule has 3 heteroatoms. The Bertz CT molecular complexity index is 130. The van der Waals surface area contributed by atoms with Gasteiger partial charge in [-0.15, -0.1) is 0 Å². The van der Waals surface area contributed by atoms with Crippen molar-refractivity contribution in [2.45, 2.75) is 31.4 Å². The molecule has 1 unspecified atom stereocenters. The lowest BCUT2D eigenvalue weighted by atomic mass is 10.1. The summed E-state index contributed by atoms with van der Waals surface area (Å²) in [6.45, 7) is 1.63. The molecule has 72 valence electrons. The highest BCUT2D eigenvalue weighted by Gasteiger charge is 2.23. The number of hydrogen-bond donors (Lipinski definition) is 1. The van der Waals surface area contributed by atoms with Crippen molar-refractivity contribution >= 4 is 0 Å². The Balaban J connectivity index is 2.20. The molecule has 0 aromatic rings. The summed E-state index contributed by atoms with van der Waals surface area (Å²) in [4.78, 5) is 2.32. The van der Waals surface area contributed by atoms with Crippen LogP contribution in [0.1, 0.15) is 19.3 Å². The number of aliphatic hydroxyl groups is 1. The Hall–Kier alpha value is -0.120. The monoisotopic (exact) mass is 173 g/mol. The zero-order chi connectivity index (χ0) is 8.97. The average Bonchev–Trinajstić information content (AvgIpc) is 2.37. The Labute approximate surface area is 74.3 Å². The van der Waals surface area contributed by atoms with Gasteiger partial charge in [0.2, 0.25) is 0 Å². The Morgan fingerprint density at radius 1 is 1.67 bits per heavy atom. The lowest BCUT2D eigenvalue weighted by Crippen LogP contribution is -2.30. The highest BCUT2D eigenvalue weighted by Crippen LogP contribution is 2.19. The van der Waals surface area contributed by atoms with Crippen molar-refractivity contribution in [2.75, 3.05) is 27.3 Å². The van der Waals surface area contributed by atoms with E-state index in [9.17, 15) is 5.11 Å². The van der Waals surface area contributed by atoms with Gasteiger partial charge in [0.25, 0.3) is 0 Å². The number of ether oxygens (including phenoxy) is 1. The van der Waals surface area contributed by atoms with Crippen LogP contribution in [-0.2, 0) is 4.74 Å². The zero-order valence-electron chi connectivity index (χ0n) is 7.99. The van der Waals surface area contributed by atoms with Crippen molar-refractivity contribution in [3.8, 4) is 0 Å². The van der Waals surface area contributed by atoms with E-state index in [0.29, 0.717) is 12.6 Å². The van der Waals surface area contributed by atoms with Crippen LogP contribution in [0.3, 0.4) is 0 Å². The van der Waals surface area contributed by atoms with Crippen molar-refractivity contribution in [3.63, 3.8) is 0 Å². The minimum absolute atomic E-state index is 0.291. The van der Waals surface area contributed by atoms with E-state index in [-0.39, 0.29) is 6.10 Å². The molecule has 1 rings (SSSR count). The standard InChI is InChI=1S/C9H19NO2/c1-10-5-3-4-8(10)6-9(11)7-12-2/h8-9,11H,3-7H2,1-2H3/t8?,9-/m0/s1. The molecule has 1 saturated heterocycles. The second-order valence-electron chi connectivity index (χ2n) is 3.62. The van der Waals surface area contributed by atoms with E-state index < -0.39 is 0 Å². The summed E-state index contributed by atoms with van der Waals surface area (Å²) in [6.07, 6.45) is 3.04. The first-order valence-electron chi connectivity index (χ1n) is 4.61. The predicted octanol–water partition coefficient (Wildman–Crippen LogP) is 0.478. The molecule has 1 heterocycles. The Morgan fingerprint density at radius 2 is 2.42 bits per heavy atom. The van der Waals surface area contributed by atoms with E-state index in [4.69, 9.17) is 4.74 Å². The molecule has 0 aliphatic carbocycles. The summed E-state index contributed by atoms with van der Waals surface area (Å²) < 4.78 is 4.88. The molecule has 12 heavy (non-hydrogen) atoms. The van der Waals surface area contributed by atoms with Gasteiger partial charge < -0.3 is 14.7 Å². The van der Waals surface area contributed by atoms with E-state index in [0.717, 1.165) is 6.42 Å². The molecule has 0 aromatic heterocycles. The van der Waals surface area contributed by atoms with Gasteiger partial charge in [-0.25, -0.2) is 0 Å². The molecule has 1 fully saturated rings. The second-order valence-corrected chi connectivity index (χ2v) is 3.62. The van der Waals surface area contributed by atoms with Crippen LogP contribution < -0.4 is 0 Å². The van der Waals surface area contributed by atoms with Crippen molar-refractivity contribution < 1.29 is 9.84 Å². The van der Waals surface area contributed by atoms with E-state index in [1.54, 1.807) is 7.11 Å². The molecule has 1 aliphatic heterocycles. The normalized spacial score (nSPS) is 27.8. The third-order valence-corrected chi connectivity index (χ3v) is 2.57. The Kier molecular flexibility index (Phi) is 3.98. The summed E-state index contributed by atoms with van der Waals surface area (Å²) in [5, 5.41) is 9.48. The van der Waals surface area contributed by atoms with E-state index in [1.807, 2.05) is 0 Å². The lowest BCUT2D eigenvalue weighted by molar-refractivity contribution is 0.0448. The highest BCUT2D eigenvalue weighted by molar-refractivity contribution is 4.78. The van der Waals surface area contributed by atoms with Crippen LogP contribution in [0.15, 0.2) is 0 Å². The molecule has 1 aliphatic rings. The molecule has 1 N–H and O–H groups in total. The first-order valence-corrected chi connectivity index (χ1v) is 4.61. The van der Waals surface area contributed by atoms with Crippen LogP contribution in [0.2, 0.25) is 0 Å². The van der Waals surface area contributed by atoms with E-state index in [1.165, 1.54) is 19.4 Å². The van der Waals surface area contributed by atoms with Crippen molar-refractivity contribution in [1.82, 2.24) is 4.90 Å². The second kappa shape index (κ2) is 4.80. The van der Waals surface area contributed by atoms with Crippen LogP contribution in [0.25, 0.3) is 0 Å². The minimum Gasteiger partial charge on any atom is -0.391 e. The molecule has 0 aromatic carbocycles. The number of aliphatic hydroxyl groups excluding tert-OH is 1. The smallest absolute Gasteiger partial charge is 0.0788 e. The van der Waals surface area contributed by atoms with Gasteiger partial charge >= 0.3 is 0 Å². The van der Waals surface area contributed by atoms with Gasteiger partial charge in [0.1, 0.15) is 0 Å². The number of nitrogens with zero attached hydrogens (tertiary/aromatic N) is 1. The van der Waals surface area contributed by atoms with Gasteiger partial charge in [-0.2, -0.15) is 0 Å². The number of rotatable bonds is 4. The number of hydrogen-bond acceptors (Lipinski definition) is 3. The third kappa shape index (κ3) is 2.73. The van der Waals surface area contributed by atoms with Crippen LogP contribution >= 0.6 is 0 Å². The Morgan fingerprint density at radius 3 is 2.92 bits per heavy atom. The first kappa shape index (κ1) is 9.96. The van der Waals surface area contributed by atoms with Gasteiger partial charge in [-0.3, -0.25) is 0 Å².